The molecule has 0 unspecified atom stereocenters. The zero-order chi connectivity index (χ0) is 15.7. The first kappa shape index (κ1) is 20.1. The molecule has 0 aliphatic heterocycles. The summed E-state index contributed by atoms with van der Waals surface area (Å²) in [5.74, 6) is 0.232. The van der Waals surface area contributed by atoms with E-state index in [1.165, 1.54) is 6.07 Å². The summed E-state index contributed by atoms with van der Waals surface area (Å²) < 4.78 is 0. The highest BCUT2D eigenvalue weighted by Gasteiger charge is 1.97. The van der Waals surface area contributed by atoms with Crippen molar-refractivity contribution in [2.45, 2.75) is 26.2 Å². The van der Waals surface area contributed by atoms with Gasteiger partial charge in [-0.25, -0.2) is 0 Å². The van der Waals surface area contributed by atoms with Gasteiger partial charge < -0.3 is 21.1 Å². The smallest absolute Gasteiger partial charge is 0.157 e. The summed E-state index contributed by atoms with van der Waals surface area (Å²) >= 11 is 0. The standard InChI is InChI=1S/C9H13NO.C8H10O2.ClH/c10-6-2-4-8-3-1-5-9(11)7-8;1-2-6-3-4-7(9)8(10)5-6;/h1,3,5,7,11H,2,4,6,10H2;3-5,9-10H,2H2,1H3;1H. The molecule has 2 rings (SSSR count). The largest absolute Gasteiger partial charge is 0.508 e. The topological polar surface area (TPSA) is 86.7 Å². The Morgan fingerprint density at radius 1 is 0.909 bits per heavy atom. The van der Waals surface area contributed by atoms with E-state index in [1.807, 2.05) is 19.1 Å². The molecule has 4 nitrogen and oxygen atoms in total. The van der Waals surface area contributed by atoms with Gasteiger partial charge in [0.05, 0.1) is 0 Å². The third-order valence-electron chi connectivity index (χ3n) is 3.03. The van der Waals surface area contributed by atoms with Crippen molar-refractivity contribution in [1.82, 2.24) is 0 Å². The van der Waals surface area contributed by atoms with Gasteiger partial charge in [-0.2, -0.15) is 0 Å². The fourth-order valence-corrected chi connectivity index (χ4v) is 1.81. The van der Waals surface area contributed by atoms with Gasteiger partial charge in [-0.3, -0.25) is 0 Å². The van der Waals surface area contributed by atoms with E-state index >= 15 is 0 Å². The van der Waals surface area contributed by atoms with Crippen LogP contribution < -0.4 is 5.73 Å². The number of hydrogen-bond acceptors (Lipinski definition) is 4. The molecule has 5 heteroatoms. The van der Waals surface area contributed by atoms with Crippen LogP contribution in [-0.4, -0.2) is 21.9 Å². The maximum Gasteiger partial charge on any atom is 0.157 e. The average molecular weight is 326 g/mol. The van der Waals surface area contributed by atoms with Crippen LogP contribution in [0.2, 0.25) is 0 Å². The van der Waals surface area contributed by atoms with Crippen LogP contribution in [0.3, 0.4) is 0 Å². The maximum absolute atomic E-state index is 9.08. The number of aryl methyl sites for hydroxylation is 2. The Morgan fingerprint density at radius 3 is 2.18 bits per heavy atom. The summed E-state index contributed by atoms with van der Waals surface area (Å²) in [5, 5.41) is 27.0. The first-order valence-corrected chi connectivity index (χ1v) is 7.05. The van der Waals surface area contributed by atoms with E-state index in [0.29, 0.717) is 12.3 Å². The van der Waals surface area contributed by atoms with E-state index in [2.05, 4.69) is 0 Å². The molecule has 0 bridgehead atoms. The molecule has 122 valence electrons. The summed E-state index contributed by atoms with van der Waals surface area (Å²) in [6, 6.07) is 12.1. The minimum Gasteiger partial charge on any atom is -0.508 e. The summed E-state index contributed by atoms with van der Waals surface area (Å²) in [7, 11) is 0. The van der Waals surface area contributed by atoms with Gasteiger partial charge in [0.1, 0.15) is 5.75 Å². The predicted octanol–water partition coefficient (Wildman–Crippen LogP) is 3.37. The molecular weight excluding hydrogens is 302 g/mol. The number of halogens is 1. The molecule has 0 aromatic heterocycles. The van der Waals surface area contributed by atoms with Crippen LogP contribution in [0.4, 0.5) is 0 Å². The minimum absolute atomic E-state index is 0. The van der Waals surface area contributed by atoms with Crippen molar-refractivity contribution in [2.75, 3.05) is 6.54 Å². The third-order valence-corrected chi connectivity index (χ3v) is 3.03. The van der Waals surface area contributed by atoms with Crippen molar-refractivity contribution >= 4 is 12.4 Å². The number of hydrogen-bond donors (Lipinski definition) is 4. The Bertz CT molecular complexity index is 561. The molecule has 0 aliphatic rings. The van der Waals surface area contributed by atoms with Gasteiger partial charge in [-0.05, 0) is 61.2 Å². The van der Waals surface area contributed by atoms with Crippen LogP contribution in [0.5, 0.6) is 17.2 Å². The van der Waals surface area contributed by atoms with E-state index in [4.69, 9.17) is 21.1 Å². The lowest BCUT2D eigenvalue weighted by Gasteiger charge is -1.99. The molecule has 0 atom stereocenters. The van der Waals surface area contributed by atoms with Crippen LogP contribution >= 0.6 is 12.4 Å². The van der Waals surface area contributed by atoms with E-state index < -0.39 is 0 Å². The first-order valence-electron chi connectivity index (χ1n) is 7.05. The highest BCUT2D eigenvalue weighted by atomic mass is 35.5. The van der Waals surface area contributed by atoms with Crippen LogP contribution in [0.1, 0.15) is 24.5 Å². The molecule has 0 saturated heterocycles. The Morgan fingerprint density at radius 2 is 1.64 bits per heavy atom. The maximum atomic E-state index is 9.08. The minimum atomic E-state index is -0.0581. The molecule has 0 saturated carbocycles. The molecule has 0 aliphatic carbocycles. The first-order chi connectivity index (χ1) is 10.1. The Kier molecular flexibility index (Phi) is 9.83. The zero-order valence-electron chi connectivity index (χ0n) is 12.7. The normalized spacial score (nSPS) is 9.36. The van der Waals surface area contributed by atoms with Crippen molar-refractivity contribution < 1.29 is 15.3 Å². The average Bonchev–Trinajstić information content (AvgIpc) is 2.49. The third kappa shape index (κ3) is 7.20. The van der Waals surface area contributed by atoms with E-state index in [-0.39, 0.29) is 23.9 Å². The summed E-state index contributed by atoms with van der Waals surface area (Å²) in [4.78, 5) is 0. The van der Waals surface area contributed by atoms with Crippen molar-refractivity contribution in [3.8, 4) is 17.2 Å². The van der Waals surface area contributed by atoms with E-state index in [0.717, 1.165) is 30.4 Å². The van der Waals surface area contributed by atoms with Gasteiger partial charge in [0, 0.05) is 0 Å². The molecule has 0 fully saturated rings. The molecule has 2 aromatic carbocycles. The Hall–Kier alpha value is -1.91. The highest BCUT2D eigenvalue weighted by Crippen LogP contribution is 2.24. The summed E-state index contributed by atoms with van der Waals surface area (Å²) in [6.45, 7) is 2.70. The predicted molar refractivity (Wildman–Crippen MR) is 91.9 cm³/mol. The van der Waals surface area contributed by atoms with Gasteiger partial charge in [0.2, 0.25) is 0 Å². The molecule has 0 radical (unpaired) electrons. The van der Waals surface area contributed by atoms with E-state index in [9.17, 15) is 0 Å². The van der Waals surface area contributed by atoms with Crippen molar-refractivity contribution in [3.63, 3.8) is 0 Å². The number of phenolic OH excluding ortho intramolecular Hbond substituents is 3. The summed E-state index contributed by atoms with van der Waals surface area (Å²) in [6.07, 6.45) is 2.79. The molecule has 5 N–H and O–H groups in total. The number of benzene rings is 2. The van der Waals surface area contributed by atoms with Gasteiger partial charge >= 0.3 is 0 Å². The second-order valence-electron chi connectivity index (χ2n) is 4.74. The van der Waals surface area contributed by atoms with E-state index in [1.54, 1.807) is 24.3 Å². The number of phenols is 3. The van der Waals surface area contributed by atoms with Crippen LogP contribution in [-0.2, 0) is 12.8 Å². The molecule has 0 spiro atoms. The van der Waals surface area contributed by atoms with Gasteiger partial charge in [-0.15, -0.1) is 12.4 Å². The number of rotatable bonds is 4. The van der Waals surface area contributed by atoms with Gasteiger partial charge in [-0.1, -0.05) is 25.1 Å². The van der Waals surface area contributed by atoms with Gasteiger partial charge in [0.15, 0.2) is 11.5 Å². The van der Waals surface area contributed by atoms with Crippen molar-refractivity contribution in [1.29, 1.82) is 0 Å². The van der Waals surface area contributed by atoms with Crippen molar-refractivity contribution in [3.05, 3.63) is 53.6 Å². The lowest BCUT2D eigenvalue weighted by Crippen LogP contribution is -1.99. The summed E-state index contributed by atoms with van der Waals surface area (Å²) in [5.41, 5.74) is 7.52. The SMILES string of the molecule is CCc1ccc(O)c(O)c1.Cl.NCCCc1cccc(O)c1. The lowest BCUT2D eigenvalue weighted by molar-refractivity contribution is 0.403. The second kappa shape index (κ2) is 10.8. The van der Waals surface area contributed by atoms with Gasteiger partial charge in [0.25, 0.3) is 0 Å². The number of nitrogens with two attached hydrogens (primary N) is 1. The fourth-order valence-electron chi connectivity index (χ4n) is 1.81. The molecule has 2 aromatic rings. The van der Waals surface area contributed by atoms with Crippen LogP contribution in [0.25, 0.3) is 0 Å². The monoisotopic (exact) mass is 325 g/mol. The lowest BCUT2D eigenvalue weighted by atomic mass is 10.1. The molecule has 22 heavy (non-hydrogen) atoms. The molecular formula is C17H24ClNO3. The zero-order valence-corrected chi connectivity index (χ0v) is 13.5. The highest BCUT2D eigenvalue weighted by molar-refractivity contribution is 5.85. The Balaban J connectivity index is 0.000000385. The Labute approximate surface area is 137 Å². The second-order valence-corrected chi connectivity index (χ2v) is 4.74. The van der Waals surface area contributed by atoms with Crippen molar-refractivity contribution in [2.24, 2.45) is 5.73 Å². The van der Waals surface area contributed by atoms with Crippen LogP contribution in [0.15, 0.2) is 42.5 Å². The fraction of sp³-hybridized carbons (Fsp3) is 0.294. The van der Waals surface area contributed by atoms with Crippen LogP contribution in [0, 0.1) is 0 Å². The molecule has 0 heterocycles. The molecule has 0 amide bonds. The quantitative estimate of drug-likeness (QED) is 0.649. The number of aromatic hydroxyl groups is 3.